The molecule has 1 fully saturated rings. The molecule has 3 aliphatic heterocycles. The quantitative estimate of drug-likeness (QED) is 0.580. The van der Waals surface area contributed by atoms with Crippen LogP contribution in [0.15, 0.2) is 65.6 Å². The number of rotatable bonds is 3. The molecule has 3 aliphatic rings. The van der Waals surface area contributed by atoms with Crippen LogP contribution in [0, 0.1) is 6.92 Å². The molecule has 0 saturated carbocycles. The maximum atomic E-state index is 14.4. The van der Waals surface area contributed by atoms with Gasteiger partial charge in [0.2, 0.25) is 0 Å². The zero-order chi connectivity index (χ0) is 23.9. The Balaban J connectivity index is 1.70. The highest BCUT2D eigenvalue weighted by Crippen LogP contribution is 2.68. The third-order valence-electron chi connectivity index (χ3n) is 7.54. The number of ether oxygens (including phenoxy) is 2. The molecule has 6 rings (SSSR count). The average molecular weight is 478 g/mol. The summed E-state index contributed by atoms with van der Waals surface area (Å²) in [4.78, 5) is 2.42. The molecule has 176 valence electrons. The van der Waals surface area contributed by atoms with E-state index in [2.05, 4.69) is 4.90 Å². The first kappa shape index (κ1) is 21.3. The Kier molecular flexibility index (Phi) is 4.32. The second-order valence-corrected chi connectivity index (χ2v) is 11.3. The molecule has 1 saturated heterocycles. The first-order valence-corrected chi connectivity index (χ1v) is 12.8. The summed E-state index contributed by atoms with van der Waals surface area (Å²) in [5.74, 6) is 1.12. The lowest BCUT2D eigenvalue weighted by Gasteiger charge is -2.49. The molecule has 3 aromatic carbocycles. The van der Waals surface area contributed by atoms with Crippen LogP contribution in [0.25, 0.3) is 0 Å². The number of fused-ring (bicyclic) bond motifs is 2. The maximum absolute atomic E-state index is 14.4. The van der Waals surface area contributed by atoms with Gasteiger partial charge in [0.1, 0.15) is 17.0 Å². The van der Waals surface area contributed by atoms with Crippen LogP contribution in [0.5, 0.6) is 11.5 Å². The summed E-state index contributed by atoms with van der Waals surface area (Å²) in [5.41, 5.74) is 8.24. The minimum atomic E-state index is -3.95. The Morgan fingerprint density at radius 3 is 2.53 bits per heavy atom. The molecule has 0 aromatic heterocycles. The van der Waals surface area contributed by atoms with Gasteiger partial charge in [0.15, 0.2) is 5.60 Å². The standard InChI is InChI=1S/C26H27N3O4S/c1-17-8-10-18(11-9-17)34(30,31)29-22-7-5-4-6-19(22)26-12-13-28(2)16-25(26,29)20-14-21(27)24(32-3)15-23(20)33-26/h4-11,14-15H,12-13,16,27H2,1-3H3. The number of benzene rings is 3. The number of piperidine rings is 1. The van der Waals surface area contributed by atoms with E-state index in [0.29, 0.717) is 35.8 Å². The van der Waals surface area contributed by atoms with Crippen LogP contribution in [0.4, 0.5) is 11.4 Å². The zero-order valence-electron chi connectivity index (χ0n) is 19.4. The van der Waals surface area contributed by atoms with Gasteiger partial charge in [-0.05, 0) is 38.2 Å². The minimum Gasteiger partial charge on any atom is -0.494 e. The van der Waals surface area contributed by atoms with E-state index in [9.17, 15) is 8.42 Å². The molecule has 0 spiro atoms. The fourth-order valence-corrected chi connectivity index (χ4v) is 7.86. The molecule has 2 unspecified atom stereocenters. The maximum Gasteiger partial charge on any atom is 0.265 e. The Morgan fingerprint density at radius 1 is 1.06 bits per heavy atom. The van der Waals surface area contributed by atoms with Crippen molar-refractivity contribution in [2.45, 2.75) is 29.4 Å². The number of nitrogens with zero attached hydrogens (tertiary/aromatic N) is 2. The number of likely N-dealkylation sites (N-methyl/N-ethyl adjacent to an activating group) is 1. The lowest BCUT2D eigenvalue weighted by atomic mass is 9.71. The molecular formula is C26H27N3O4S. The van der Waals surface area contributed by atoms with Gasteiger partial charge < -0.3 is 20.1 Å². The van der Waals surface area contributed by atoms with Gasteiger partial charge in [-0.25, -0.2) is 12.7 Å². The smallest absolute Gasteiger partial charge is 0.265 e. The van der Waals surface area contributed by atoms with Gasteiger partial charge in [-0.3, -0.25) is 0 Å². The number of nitrogen functional groups attached to an aromatic ring is 1. The normalized spacial score (nSPS) is 25.2. The molecule has 2 atom stereocenters. The van der Waals surface area contributed by atoms with Crippen molar-refractivity contribution < 1.29 is 17.9 Å². The summed E-state index contributed by atoms with van der Waals surface area (Å²) >= 11 is 0. The SMILES string of the molecule is COc1cc2c(cc1N)C13CN(C)CCC1(O2)c1ccccc1N3S(=O)(=O)c1ccc(C)cc1. The van der Waals surface area contributed by atoms with Gasteiger partial charge in [-0.1, -0.05) is 35.9 Å². The molecule has 0 aliphatic carbocycles. The number of sulfonamides is 1. The number of hydrogen-bond donors (Lipinski definition) is 1. The number of para-hydroxylation sites is 1. The van der Waals surface area contributed by atoms with Crippen molar-refractivity contribution in [3.8, 4) is 11.5 Å². The lowest BCUT2D eigenvalue weighted by Crippen LogP contribution is -2.64. The van der Waals surface area contributed by atoms with E-state index in [1.54, 1.807) is 29.6 Å². The van der Waals surface area contributed by atoms with Crippen molar-refractivity contribution in [1.82, 2.24) is 4.90 Å². The zero-order valence-corrected chi connectivity index (χ0v) is 20.2. The first-order valence-electron chi connectivity index (χ1n) is 11.3. The van der Waals surface area contributed by atoms with Gasteiger partial charge in [-0.15, -0.1) is 0 Å². The van der Waals surface area contributed by atoms with E-state index < -0.39 is 21.2 Å². The molecule has 7 nitrogen and oxygen atoms in total. The largest absolute Gasteiger partial charge is 0.494 e. The average Bonchev–Trinajstić information content (AvgIpc) is 3.23. The molecule has 2 N–H and O–H groups in total. The molecule has 3 aromatic rings. The van der Waals surface area contributed by atoms with E-state index in [0.717, 1.165) is 23.2 Å². The summed E-state index contributed by atoms with van der Waals surface area (Å²) in [7, 11) is -0.367. The second-order valence-electron chi connectivity index (χ2n) is 9.47. The number of likely N-dealkylation sites (tertiary alicyclic amines) is 1. The molecule has 3 heterocycles. The highest BCUT2D eigenvalue weighted by atomic mass is 32.2. The molecule has 0 radical (unpaired) electrons. The fraction of sp³-hybridized carbons (Fsp3) is 0.308. The van der Waals surface area contributed by atoms with E-state index in [-0.39, 0.29) is 4.90 Å². The van der Waals surface area contributed by atoms with Gasteiger partial charge in [0.25, 0.3) is 10.0 Å². The first-order chi connectivity index (χ1) is 16.2. The van der Waals surface area contributed by atoms with Crippen molar-refractivity contribution in [3.63, 3.8) is 0 Å². The van der Waals surface area contributed by atoms with Crippen LogP contribution in [0.2, 0.25) is 0 Å². The number of methoxy groups -OCH3 is 1. The van der Waals surface area contributed by atoms with Crippen LogP contribution < -0.4 is 19.5 Å². The van der Waals surface area contributed by atoms with Gasteiger partial charge in [0, 0.05) is 36.7 Å². The summed E-state index contributed by atoms with van der Waals surface area (Å²) in [6.07, 6.45) is 0.636. The summed E-state index contributed by atoms with van der Waals surface area (Å²) in [6, 6.07) is 18.3. The number of aryl methyl sites for hydroxylation is 1. The predicted molar refractivity (Wildman–Crippen MR) is 131 cm³/mol. The van der Waals surface area contributed by atoms with Crippen molar-refractivity contribution in [2.24, 2.45) is 0 Å². The second kappa shape index (κ2) is 6.90. The summed E-state index contributed by atoms with van der Waals surface area (Å²) in [5, 5.41) is 0. The van der Waals surface area contributed by atoms with Crippen molar-refractivity contribution in [1.29, 1.82) is 0 Å². The Bertz CT molecular complexity index is 1420. The molecule has 0 bridgehead atoms. The van der Waals surface area contributed by atoms with E-state index in [1.165, 1.54) is 0 Å². The van der Waals surface area contributed by atoms with E-state index in [1.807, 2.05) is 56.4 Å². The molecule has 0 amide bonds. The van der Waals surface area contributed by atoms with Crippen LogP contribution in [0.3, 0.4) is 0 Å². The Morgan fingerprint density at radius 2 is 1.79 bits per heavy atom. The van der Waals surface area contributed by atoms with Crippen molar-refractivity contribution in [2.75, 3.05) is 37.3 Å². The molecule has 34 heavy (non-hydrogen) atoms. The van der Waals surface area contributed by atoms with Crippen LogP contribution >= 0.6 is 0 Å². The van der Waals surface area contributed by atoms with Gasteiger partial charge in [0.05, 0.1) is 23.4 Å². The van der Waals surface area contributed by atoms with Crippen molar-refractivity contribution in [3.05, 3.63) is 77.4 Å². The fourth-order valence-electron chi connectivity index (χ4n) is 6.04. The summed E-state index contributed by atoms with van der Waals surface area (Å²) < 4.78 is 42.7. The third kappa shape index (κ3) is 2.47. The minimum absolute atomic E-state index is 0.251. The molecule has 8 heteroatoms. The summed E-state index contributed by atoms with van der Waals surface area (Å²) in [6.45, 7) is 3.18. The Labute approximate surface area is 199 Å². The van der Waals surface area contributed by atoms with Gasteiger partial charge >= 0.3 is 0 Å². The third-order valence-corrected chi connectivity index (χ3v) is 9.39. The van der Waals surface area contributed by atoms with Crippen LogP contribution in [-0.2, 0) is 21.2 Å². The number of nitrogens with two attached hydrogens (primary N) is 1. The number of hydrogen-bond acceptors (Lipinski definition) is 6. The molecular weight excluding hydrogens is 450 g/mol. The van der Waals surface area contributed by atoms with Crippen LogP contribution in [0.1, 0.15) is 23.1 Å². The topological polar surface area (TPSA) is 85.1 Å². The monoisotopic (exact) mass is 477 g/mol. The van der Waals surface area contributed by atoms with E-state index >= 15 is 0 Å². The highest BCUT2D eigenvalue weighted by Gasteiger charge is 2.73. The van der Waals surface area contributed by atoms with Crippen molar-refractivity contribution >= 4 is 21.4 Å². The van der Waals surface area contributed by atoms with Crippen LogP contribution in [-0.4, -0.2) is 40.6 Å². The lowest BCUT2D eigenvalue weighted by molar-refractivity contribution is -0.0311. The van der Waals surface area contributed by atoms with Gasteiger partial charge in [-0.2, -0.15) is 0 Å². The highest BCUT2D eigenvalue weighted by molar-refractivity contribution is 7.93. The Hall–Kier alpha value is -3.23. The number of anilines is 2. The van der Waals surface area contributed by atoms with E-state index in [4.69, 9.17) is 15.2 Å². The predicted octanol–water partition coefficient (Wildman–Crippen LogP) is 3.61.